The fourth-order valence-corrected chi connectivity index (χ4v) is 4.08. The number of piperazine rings is 1. The normalized spacial score (nSPS) is 15.9. The zero-order valence-electron chi connectivity index (χ0n) is 16.0. The number of rotatable bonds is 7. The first kappa shape index (κ1) is 20.3. The molecule has 1 amide bonds. The quantitative estimate of drug-likeness (QED) is 0.733. The zero-order valence-corrected chi connectivity index (χ0v) is 16.8. The lowest BCUT2D eigenvalue weighted by atomic mass is 10.2. The SMILES string of the molecule is CN1CCN(CCNC(=O)c2ccc(NS(=O)(=O)c3ccccc3)cc2)CC1. The van der Waals surface area contributed by atoms with Crippen molar-refractivity contribution in [2.75, 3.05) is 51.0 Å². The van der Waals surface area contributed by atoms with Crippen LogP contribution < -0.4 is 10.0 Å². The highest BCUT2D eigenvalue weighted by molar-refractivity contribution is 7.92. The molecule has 0 radical (unpaired) electrons. The largest absolute Gasteiger partial charge is 0.351 e. The predicted octanol–water partition coefficient (Wildman–Crippen LogP) is 1.46. The number of likely N-dealkylation sites (N-methyl/N-ethyl adjacent to an activating group) is 1. The standard InChI is InChI=1S/C20H26N4O3S/c1-23-13-15-24(16-14-23)12-11-21-20(25)17-7-9-18(10-8-17)22-28(26,27)19-5-3-2-4-6-19/h2-10,22H,11-16H2,1H3,(H,21,25). The molecule has 150 valence electrons. The number of carbonyl (C=O) groups is 1. The van der Waals surface area contributed by atoms with Gasteiger partial charge in [-0.2, -0.15) is 0 Å². The number of nitrogens with one attached hydrogen (secondary N) is 2. The van der Waals surface area contributed by atoms with E-state index in [2.05, 4.69) is 26.9 Å². The molecule has 1 saturated heterocycles. The summed E-state index contributed by atoms with van der Waals surface area (Å²) in [6, 6.07) is 14.6. The summed E-state index contributed by atoms with van der Waals surface area (Å²) in [6.07, 6.45) is 0. The number of carbonyl (C=O) groups excluding carboxylic acids is 1. The van der Waals surface area contributed by atoms with E-state index in [-0.39, 0.29) is 10.8 Å². The van der Waals surface area contributed by atoms with Gasteiger partial charge >= 0.3 is 0 Å². The van der Waals surface area contributed by atoms with Crippen molar-refractivity contribution in [1.82, 2.24) is 15.1 Å². The molecule has 8 heteroatoms. The van der Waals surface area contributed by atoms with Gasteiger partial charge in [0.05, 0.1) is 4.90 Å². The minimum Gasteiger partial charge on any atom is -0.351 e. The minimum absolute atomic E-state index is 0.161. The summed E-state index contributed by atoms with van der Waals surface area (Å²) < 4.78 is 27.2. The maximum atomic E-state index is 12.3. The maximum absolute atomic E-state index is 12.3. The molecule has 2 aromatic carbocycles. The van der Waals surface area contributed by atoms with Crippen LogP contribution in [0.1, 0.15) is 10.4 Å². The second-order valence-corrected chi connectivity index (χ2v) is 8.58. The maximum Gasteiger partial charge on any atom is 0.261 e. The Morgan fingerprint density at radius 1 is 0.964 bits per heavy atom. The van der Waals surface area contributed by atoms with Gasteiger partial charge in [-0.15, -0.1) is 0 Å². The van der Waals surface area contributed by atoms with E-state index >= 15 is 0 Å². The third-order valence-electron chi connectivity index (χ3n) is 4.76. The number of hydrogen-bond donors (Lipinski definition) is 2. The highest BCUT2D eigenvalue weighted by atomic mass is 32.2. The highest BCUT2D eigenvalue weighted by Crippen LogP contribution is 2.16. The Morgan fingerprint density at radius 3 is 2.25 bits per heavy atom. The van der Waals surface area contributed by atoms with Crippen LogP contribution in [0.15, 0.2) is 59.5 Å². The summed E-state index contributed by atoms with van der Waals surface area (Å²) in [5.74, 6) is -0.161. The van der Waals surface area contributed by atoms with Gasteiger partial charge in [0, 0.05) is 50.5 Å². The van der Waals surface area contributed by atoms with Gasteiger partial charge in [0.15, 0.2) is 0 Å². The summed E-state index contributed by atoms with van der Waals surface area (Å²) in [5, 5.41) is 2.92. The second kappa shape index (κ2) is 9.18. The number of nitrogens with zero attached hydrogens (tertiary/aromatic N) is 2. The number of anilines is 1. The first-order valence-corrected chi connectivity index (χ1v) is 10.8. The lowest BCUT2D eigenvalue weighted by Gasteiger charge is -2.32. The predicted molar refractivity (Wildman–Crippen MR) is 110 cm³/mol. The van der Waals surface area contributed by atoms with Crippen molar-refractivity contribution in [3.8, 4) is 0 Å². The van der Waals surface area contributed by atoms with E-state index in [0.29, 0.717) is 17.8 Å². The molecule has 1 aliphatic rings. The smallest absolute Gasteiger partial charge is 0.261 e. The summed E-state index contributed by atoms with van der Waals surface area (Å²) in [6.45, 7) is 5.55. The molecule has 28 heavy (non-hydrogen) atoms. The molecule has 0 unspecified atom stereocenters. The van der Waals surface area contributed by atoms with Gasteiger partial charge < -0.3 is 10.2 Å². The van der Waals surface area contributed by atoms with E-state index in [1.54, 1.807) is 42.5 Å². The van der Waals surface area contributed by atoms with E-state index in [0.717, 1.165) is 32.7 Å². The van der Waals surface area contributed by atoms with E-state index in [4.69, 9.17) is 0 Å². The third-order valence-corrected chi connectivity index (χ3v) is 6.16. The summed E-state index contributed by atoms with van der Waals surface area (Å²) in [7, 11) is -1.52. The number of benzene rings is 2. The average Bonchev–Trinajstić information content (AvgIpc) is 2.70. The van der Waals surface area contributed by atoms with Crippen LogP contribution in [0.4, 0.5) is 5.69 Å². The molecule has 0 saturated carbocycles. The van der Waals surface area contributed by atoms with Gasteiger partial charge in [-0.25, -0.2) is 8.42 Å². The molecule has 0 atom stereocenters. The van der Waals surface area contributed by atoms with Crippen LogP contribution in [-0.4, -0.2) is 70.4 Å². The molecule has 0 aromatic heterocycles. The van der Waals surface area contributed by atoms with Crippen LogP contribution >= 0.6 is 0 Å². The third kappa shape index (κ3) is 5.54. The molecular formula is C20H26N4O3S. The van der Waals surface area contributed by atoms with Gasteiger partial charge in [-0.1, -0.05) is 18.2 Å². The Kier molecular flexibility index (Phi) is 6.66. The summed E-state index contributed by atoms with van der Waals surface area (Å²) in [5.41, 5.74) is 0.916. The zero-order chi connectivity index (χ0) is 20.0. The number of hydrogen-bond acceptors (Lipinski definition) is 5. The van der Waals surface area contributed by atoms with Crippen molar-refractivity contribution in [3.63, 3.8) is 0 Å². The van der Waals surface area contributed by atoms with Crippen LogP contribution in [-0.2, 0) is 10.0 Å². The van der Waals surface area contributed by atoms with E-state index in [1.165, 1.54) is 12.1 Å². The molecule has 3 rings (SSSR count). The molecule has 1 aliphatic heterocycles. The van der Waals surface area contributed by atoms with Gasteiger partial charge in [-0.3, -0.25) is 14.4 Å². The summed E-state index contributed by atoms with van der Waals surface area (Å²) >= 11 is 0. The Hall–Kier alpha value is -2.42. The first-order chi connectivity index (χ1) is 13.4. The van der Waals surface area contributed by atoms with Crippen LogP contribution in [0.2, 0.25) is 0 Å². The van der Waals surface area contributed by atoms with Gasteiger partial charge in [0.25, 0.3) is 15.9 Å². The van der Waals surface area contributed by atoms with Crippen LogP contribution in [0.3, 0.4) is 0 Å². The minimum atomic E-state index is -3.64. The first-order valence-electron chi connectivity index (χ1n) is 9.31. The average molecular weight is 403 g/mol. The molecule has 0 spiro atoms. The second-order valence-electron chi connectivity index (χ2n) is 6.90. The van der Waals surface area contributed by atoms with Crippen molar-refractivity contribution in [2.45, 2.75) is 4.90 Å². The Labute approximate surface area is 166 Å². The van der Waals surface area contributed by atoms with Crippen LogP contribution in [0.5, 0.6) is 0 Å². The topological polar surface area (TPSA) is 81.8 Å². The molecule has 0 bridgehead atoms. The Bertz CT molecular complexity index is 877. The van der Waals surface area contributed by atoms with Crippen molar-refractivity contribution in [2.24, 2.45) is 0 Å². The molecule has 1 heterocycles. The Balaban J connectivity index is 1.50. The fourth-order valence-electron chi connectivity index (χ4n) is 3.00. The number of sulfonamides is 1. The molecule has 7 nitrogen and oxygen atoms in total. The molecule has 1 fully saturated rings. The fraction of sp³-hybridized carbons (Fsp3) is 0.350. The lowest BCUT2D eigenvalue weighted by molar-refractivity contribution is 0.0941. The monoisotopic (exact) mass is 402 g/mol. The summed E-state index contributed by atoms with van der Waals surface area (Å²) in [4.78, 5) is 17.1. The van der Waals surface area contributed by atoms with E-state index in [9.17, 15) is 13.2 Å². The van der Waals surface area contributed by atoms with Gasteiger partial charge in [-0.05, 0) is 43.4 Å². The lowest BCUT2D eigenvalue weighted by Crippen LogP contribution is -2.46. The van der Waals surface area contributed by atoms with Gasteiger partial charge in [0.1, 0.15) is 0 Å². The number of amides is 1. The van der Waals surface area contributed by atoms with Crippen molar-refractivity contribution in [3.05, 3.63) is 60.2 Å². The van der Waals surface area contributed by atoms with Gasteiger partial charge in [0.2, 0.25) is 0 Å². The molecule has 2 N–H and O–H groups in total. The van der Waals surface area contributed by atoms with Crippen molar-refractivity contribution >= 4 is 21.6 Å². The van der Waals surface area contributed by atoms with Crippen LogP contribution in [0.25, 0.3) is 0 Å². The van der Waals surface area contributed by atoms with Crippen molar-refractivity contribution in [1.29, 1.82) is 0 Å². The molecule has 2 aromatic rings. The highest BCUT2D eigenvalue weighted by Gasteiger charge is 2.15. The molecular weight excluding hydrogens is 376 g/mol. The van der Waals surface area contributed by atoms with Crippen molar-refractivity contribution < 1.29 is 13.2 Å². The molecule has 0 aliphatic carbocycles. The van der Waals surface area contributed by atoms with E-state index in [1.807, 2.05) is 0 Å². The Morgan fingerprint density at radius 2 is 1.61 bits per heavy atom. The van der Waals surface area contributed by atoms with Crippen LogP contribution in [0, 0.1) is 0 Å². The van der Waals surface area contributed by atoms with E-state index < -0.39 is 10.0 Å².